The van der Waals surface area contributed by atoms with Crippen molar-refractivity contribution in [1.82, 2.24) is 9.88 Å². The van der Waals surface area contributed by atoms with Gasteiger partial charge in [0.2, 0.25) is 0 Å². The summed E-state index contributed by atoms with van der Waals surface area (Å²) in [6.45, 7) is 2.93. The molecule has 0 atom stereocenters. The first-order chi connectivity index (χ1) is 8.33. The molecule has 0 radical (unpaired) electrons. The van der Waals surface area contributed by atoms with Crippen molar-refractivity contribution in [2.75, 3.05) is 20.1 Å². The summed E-state index contributed by atoms with van der Waals surface area (Å²) in [5.74, 6) is 0. The number of nitrogens with two attached hydrogens (primary N) is 1. The van der Waals surface area contributed by atoms with Gasteiger partial charge in [0.15, 0.2) is 0 Å². The Bertz CT molecular complexity index is 274. The molecule has 0 spiro atoms. The minimum atomic E-state index is 0.833. The number of hydrogen-bond acceptors (Lipinski definition) is 3. The van der Waals surface area contributed by atoms with Crippen LogP contribution in [-0.4, -0.2) is 30.0 Å². The fourth-order valence-electron chi connectivity index (χ4n) is 1.90. The lowest BCUT2D eigenvalue weighted by Crippen LogP contribution is -2.19. The Balaban J connectivity index is 2.03. The molecule has 1 rings (SSSR count). The Morgan fingerprint density at radius 3 is 2.59 bits per heavy atom. The third-order valence-corrected chi connectivity index (χ3v) is 2.90. The second kappa shape index (κ2) is 9.14. The van der Waals surface area contributed by atoms with Gasteiger partial charge in [-0.1, -0.05) is 25.3 Å². The Morgan fingerprint density at radius 2 is 1.88 bits per heavy atom. The first-order valence-electron chi connectivity index (χ1n) is 6.61. The van der Waals surface area contributed by atoms with Gasteiger partial charge in [0, 0.05) is 12.7 Å². The molecular formula is C14H25N3. The second-order valence-corrected chi connectivity index (χ2v) is 4.62. The van der Waals surface area contributed by atoms with Crippen LogP contribution in [0.4, 0.5) is 0 Å². The van der Waals surface area contributed by atoms with Crippen LogP contribution in [0, 0.1) is 0 Å². The second-order valence-electron chi connectivity index (χ2n) is 4.62. The summed E-state index contributed by atoms with van der Waals surface area (Å²) in [5, 5.41) is 0. The molecule has 0 aliphatic carbocycles. The van der Waals surface area contributed by atoms with Gasteiger partial charge in [0.05, 0.1) is 5.69 Å². The average Bonchev–Trinajstić information content (AvgIpc) is 2.35. The van der Waals surface area contributed by atoms with E-state index in [0.717, 1.165) is 25.3 Å². The Hall–Kier alpha value is -0.930. The van der Waals surface area contributed by atoms with Crippen molar-refractivity contribution in [3.8, 4) is 0 Å². The lowest BCUT2D eigenvalue weighted by molar-refractivity contribution is 0.313. The van der Waals surface area contributed by atoms with Gasteiger partial charge in [0.1, 0.15) is 0 Å². The van der Waals surface area contributed by atoms with E-state index in [0.29, 0.717) is 0 Å². The zero-order valence-corrected chi connectivity index (χ0v) is 10.9. The third-order valence-electron chi connectivity index (χ3n) is 2.90. The molecule has 0 saturated carbocycles. The van der Waals surface area contributed by atoms with Gasteiger partial charge >= 0.3 is 0 Å². The van der Waals surface area contributed by atoms with Crippen molar-refractivity contribution in [2.24, 2.45) is 5.73 Å². The van der Waals surface area contributed by atoms with Crippen molar-refractivity contribution in [1.29, 1.82) is 0 Å². The first kappa shape index (κ1) is 14.1. The number of unbranched alkanes of at least 4 members (excludes halogenated alkanes) is 4. The molecule has 1 heterocycles. The fraction of sp³-hybridized carbons (Fsp3) is 0.643. The number of nitrogens with zero attached hydrogens (tertiary/aromatic N) is 2. The quantitative estimate of drug-likeness (QED) is 0.668. The number of aromatic nitrogens is 1. The van der Waals surface area contributed by atoms with Crippen LogP contribution in [0.15, 0.2) is 24.4 Å². The summed E-state index contributed by atoms with van der Waals surface area (Å²) in [6.07, 6.45) is 8.20. The van der Waals surface area contributed by atoms with E-state index in [1.807, 2.05) is 18.3 Å². The van der Waals surface area contributed by atoms with Crippen LogP contribution in [0.1, 0.15) is 37.8 Å². The van der Waals surface area contributed by atoms with E-state index in [1.165, 1.54) is 32.1 Å². The van der Waals surface area contributed by atoms with Gasteiger partial charge in [0.25, 0.3) is 0 Å². The Kier molecular flexibility index (Phi) is 7.60. The van der Waals surface area contributed by atoms with Crippen molar-refractivity contribution >= 4 is 0 Å². The van der Waals surface area contributed by atoms with E-state index >= 15 is 0 Å². The highest BCUT2D eigenvalue weighted by atomic mass is 15.1. The summed E-state index contributed by atoms with van der Waals surface area (Å²) < 4.78 is 0. The smallest absolute Gasteiger partial charge is 0.0543 e. The predicted octanol–water partition coefficient (Wildman–Crippen LogP) is 2.42. The van der Waals surface area contributed by atoms with Gasteiger partial charge in [-0.05, 0) is 45.1 Å². The van der Waals surface area contributed by atoms with Crippen molar-refractivity contribution in [3.05, 3.63) is 30.1 Å². The highest BCUT2D eigenvalue weighted by Crippen LogP contribution is 2.05. The van der Waals surface area contributed by atoms with Gasteiger partial charge < -0.3 is 10.6 Å². The third kappa shape index (κ3) is 7.08. The van der Waals surface area contributed by atoms with Crippen molar-refractivity contribution < 1.29 is 0 Å². The summed E-state index contributed by atoms with van der Waals surface area (Å²) in [7, 11) is 2.16. The molecule has 3 nitrogen and oxygen atoms in total. The molecule has 0 amide bonds. The highest BCUT2D eigenvalue weighted by molar-refractivity contribution is 5.02. The maximum absolute atomic E-state index is 5.46. The van der Waals surface area contributed by atoms with Crippen LogP contribution in [0.3, 0.4) is 0 Å². The van der Waals surface area contributed by atoms with E-state index in [4.69, 9.17) is 5.73 Å². The molecule has 1 aromatic heterocycles. The van der Waals surface area contributed by atoms with Crippen LogP contribution in [0.2, 0.25) is 0 Å². The maximum atomic E-state index is 5.46. The molecule has 1 aromatic rings. The Labute approximate surface area is 105 Å². The first-order valence-corrected chi connectivity index (χ1v) is 6.61. The van der Waals surface area contributed by atoms with E-state index in [1.54, 1.807) is 0 Å². The van der Waals surface area contributed by atoms with Crippen LogP contribution >= 0.6 is 0 Å². The minimum Gasteiger partial charge on any atom is -0.330 e. The fourth-order valence-corrected chi connectivity index (χ4v) is 1.90. The maximum Gasteiger partial charge on any atom is 0.0543 e. The normalized spacial score (nSPS) is 11.0. The van der Waals surface area contributed by atoms with Crippen molar-refractivity contribution in [3.63, 3.8) is 0 Å². The molecule has 2 N–H and O–H groups in total. The van der Waals surface area contributed by atoms with E-state index < -0.39 is 0 Å². The lowest BCUT2D eigenvalue weighted by Gasteiger charge is -2.15. The van der Waals surface area contributed by atoms with Crippen LogP contribution in [-0.2, 0) is 6.54 Å². The molecule has 0 saturated heterocycles. The van der Waals surface area contributed by atoms with Gasteiger partial charge in [-0.15, -0.1) is 0 Å². The molecule has 0 aromatic carbocycles. The molecule has 0 aliphatic rings. The predicted molar refractivity (Wildman–Crippen MR) is 72.7 cm³/mol. The largest absolute Gasteiger partial charge is 0.330 e. The van der Waals surface area contributed by atoms with Gasteiger partial charge in [-0.3, -0.25) is 4.98 Å². The summed E-state index contributed by atoms with van der Waals surface area (Å²) in [6, 6.07) is 6.09. The molecule has 0 bridgehead atoms. The van der Waals surface area contributed by atoms with Gasteiger partial charge in [-0.2, -0.15) is 0 Å². The molecule has 17 heavy (non-hydrogen) atoms. The monoisotopic (exact) mass is 235 g/mol. The summed E-state index contributed by atoms with van der Waals surface area (Å²) in [5.41, 5.74) is 6.61. The average molecular weight is 235 g/mol. The van der Waals surface area contributed by atoms with Crippen molar-refractivity contribution in [2.45, 2.75) is 38.6 Å². The van der Waals surface area contributed by atoms with E-state index in [-0.39, 0.29) is 0 Å². The van der Waals surface area contributed by atoms with E-state index in [2.05, 4.69) is 23.0 Å². The molecule has 96 valence electrons. The van der Waals surface area contributed by atoms with Crippen LogP contribution < -0.4 is 5.73 Å². The summed E-state index contributed by atoms with van der Waals surface area (Å²) >= 11 is 0. The molecular weight excluding hydrogens is 210 g/mol. The SMILES string of the molecule is CN(CCCCCCCN)Cc1ccccn1. The van der Waals surface area contributed by atoms with Gasteiger partial charge in [-0.25, -0.2) is 0 Å². The number of hydrogen-bond donors (Lipinski definition) is 1. The topological polar surface area (TPSA) is 42.1 Å². The van der Waals surface area contributed by atoms with Crippen LogP contribution in [0.5, 0.6) is 0 Å². The highest BCUT2D eigenvalue weighted by Gasteiger charge is 2.00. The Morgan fingerprint density at radius 1 is 1.12 bits per heavy atom. The molecule has 0 unspecified atom stereocenters. The zero-order chi connectivity index (χ0) is 12.3. The molecule has 0 fully saturated rings. The minimum absolute atomic E-state index is 0.833. The lowest BCUT2D eigenvalue weighted by atomic mass is 10.1. The standard InChI is InChI=1S/C14H25N3/c1-17(12-8-4-2-3-6-10-15)13-14-9-5-7-11-16-14/h5,7,9,11H,2-4,6,8,10,12-13,15H2,1H3. The number of rotatable bonds is 9. The zero-order valence-electron chi connectivity index (χ0n) is 10.9. The van der Waals surface area contributed by atoms with E-state index in [9.17, 15) is 0 Å². The van der Waals surface area contributed by atoms with Crippen LogP contribution in [0.25, 0.3) is 0 Å². The molecule has 0 aliphatic heterocycles. The number of pyridine rings is 1. The molecule has 3 heteroatoms. The summed E-state index contributed by atoms with van der Waals surface area (Å²) in [4.78, 5) is 6.67.